The van der Waals surface area contributed by atoms with Crippen LogP contribution in [-0.2, 0) is 11.3 Å². The SMILES string of the molecule is CCn1nnc([C@H]2O[C@@H](n3cnc4c(NCC(c5ccc(O)cc5)c5ccc(O)cc5)nc(N5CC[C@H](Nc6ccccn6)C5)nc43)[C@H](O)[C@@H]2O)n1. The van der Waals surface area contributed by atoms with Crippen molar-refractivity contribution in [3.05, 3.63) is 96.2 Å². The largest absolute Gasteiger partial charge is 0.508 e. The molecule has 0 aliphatic carbocycles. The van der Waals surface area contributed by atoms with Gasteiger partial charge in [-0.05, 0) is 66.1 Å². The minimum Gasteiger partial charge on any atom is -0.508 e. The third-order valence-corrected chi connectivity index (χ3v) is 9.48. The number of nitrogens with zero attached hydrogens (tertiary/aromatic N) is 10. The third-order valence-electron chi connectivity index (χ3n) is 9.48. The second-order valence-electron chi connectivity index (χ2n) is 12.9. The highest BCUT2D eigenvalue weighted by Gasteiger charge is 2.47. The van der Waals surface area contributed by atoms with Gasteiger partial charge in [-0.3, -0.25) is 4.57 Å². The molecule has 4 aromatic heterocycles. The highest BCUT2D eigenvalue weighted by Crippen LogP contribution is 2.39. The lowest BCUT2D eigenvalue weighted by Gasteiger charge is -2.22. The van der Waals surface area contributed by atoms with Crippen LogP contribution >= 0.6 is 0 Å². The molecule has 8 rings (SSSR count). The summed E-state index contributed by atoms with van der Waals surface area (Å²) in [7, 11) is 0. The highest BCUT2D eigenvalue weighted by atomic mass is 16.6. The lowest BCUT2D eigenvalue weighted by Crippen LogP contribution is -2.30. The summed E-state index contributed by atoms with van der Waals surface area (Å²) in [6.07, 6.45) is -0.675. The second kappa shape index (κ2) is 14.0. The van der Waals surface area contributed by atoms with Gasteiger partial charge in [-0.15, -0.1) is 10.2 Å². The number of imidazole rings is 1. The number of nitrogens with one attached hydrogen (secondary N) is 2. The van der Waals surface area contributed by atoms with Crippen LogP contribution in [0.15, 0.2) is 79.3 Å². The van der Waals surface area contributed by atoms with Gasteiger partial charge < -0.3 is 40.7 Å². The van der Waals surface area contributed by atoms with Gasteiger partial charge in [0, 0.05) is 37.8 Å². The standard InChI is InChI=1S/C35H38N12O5/c1-2-47-43-32(42-44-47)30-28(50)29(51)34(52-30)46-19-38-27-31(37-17-25(20-6-10-23(48)11-7-20)21-8-12-24(49)13-9-21)40-35(41-33(27)46)45-16-14-22(18-45)39-26-5-3-4-15-36-26/h3-13,15,19,22,25,28-30,34,48-51H,2,14,16-18H2,1H3,(H,36,39)(H,37,40,41)/t22-,28-,29+,30-,34+/m0/s1. The van der Waals surface area contributed by atoms with E-state index in [1.807, 2.05) is 49.4 Å². The van der Waals surface area contributed by atoms with Crippen molar-refractivity contribution in [1.82, 2.24) is 44.7 Å². The number of aliphatic hydroxyl groups excluding tert-OH is 2. The number of aliphatic hydroxyl groups is 2. The van der Waals surface area contributed by atoms with Crippen LogP contribution in [0.2, 0.25) is 0 Å². The fourth-order valence-corrected chi connectivity index (χ4v) is 6.72. The zero-order valence-electron chi connectivity index (χ0n) is 28.2. The van der Waals surface area contributed by atoms with Crippen molar-refractivity contribution in [1.29, 1.82) is 0 Å². The Morgan fingerprint density at radius 3 is 2.35 bits per heavy atom. The molecule has 6 aromatic rings. The maximum absolute atomic E-state index is 11.3. The van der Waals surface area contributed by atoms with Crippen LogP contribution in [0.5, 0.6) is 11.5 Å². The first-order valence-electron chi connectivity index (χ1n) is 17.1. The Hall–Kier alpha value is -5.91. The molecule has 2 aliphatic heterocycles. The Kier molecular flexibility index (Phi) is 8.96. The van der Waals surface area contributed by atoms with Crippen molar-refractivity contribution in [2.45, 2.75) is 56.4 Å². The van der Waals surface area contributed by atoms with Crippen molar-refractivity contribution in [2.75, 3.05) is 35.2 Å². The molecule has 52 heavy (non-hydrogen) atoms. The van der Waals surface area contributed by atoms with Gasteiger partial charge in [-0.2, -0.15) is 14.8 Å². The molecule has 6 heterocycles. The number of phenols is 2. The minimum atomic E-state index is -1.35. The molecule has 5 atom stereocenters. The Balaban J connectivity index is 1.14. The molecule has 0 bridgehead atoms. The van der Waals surface area contributed by atoms with Crippen molar-refractivity contribution in [3.63, 3.8) is 0 Å². The van der Waals surface area contributed by atoms with Gasteiger partial charge in [0.05, 0.1) is 12.9 Å². The molecular weight excluding hydrogens is 668 g/mol. The third kappa shape index (κ3) is 6.52. The van der Waals surface area contributed by atoms with Crippen LogP contribution in [0, 0.1) is 0 Å². The molecule has 0 unspecified atom stereocenters. The van der Waals surface area contributed by atoms with E-state index in [9.17, 15) is 20.4 Å². The van der Waals surface area contributed by atoms with E-state index in [0.717, 1.165) is 23.4 Å². The predicted molar refractivity (Wildman–Crippen MR) is 189 cm³/mol. The fourth-order valence-electron chi connectivity index (χ4n) is 6.72. The first-order chi connectivity index (χ1) is 25.3. The number of hydrogen-bond acceptors (Lipinski definition) is 15. The number of phenolic OH excluding ortho intramolecular Hbond substituents is 2. The number of tetrazole rings is 1. The number of pyridine rings is 1. The lowest BCUT2D eigenvalue weighted by atomic mass is 9.91. The van der Waals surface area contributed by atoms with E-state index in [1.54, 1.807) is 35.0 Å². The summed E-state index contributed by atoms with van der Waals surface area (Å²) in [6, 6.07) is 19.8. The van der Waals surface area contributed by atoms with E-state index in [4.69, 9.17) is 14.7 Å². The number of aryl methyl sites for hydroxylation is 1. The molecule has 2 aliphatic rings. The molecule has 2 aromatic carbocycles. The predicted octanol–water partition coefficient (Wildman–Crippen LogP) is 2.57. The number of benzene rings is 2. The van der Waals surface area contributed by atoms with Gasteiger partial charge in [-0.25, -0.2) is 9.97 Å². The molecule has 17 heteroatoms. The number of aromatic nitrogens is 9. The molecule has 6 N–H and O–H groups in total. The van der Waals surface area contributed by atoms with Crippen LogP contribution in [0.1, 0.15) is 48.5 Å². The number of anilines is 3. The zero-order valence-corrected chi connectivity index (χ0v) is 28.2. The maximum Gasteiger partial charge on any atom is 0.229 e. The van der Waals surface area contributed by atoms with Gasteiger partial charge in [0.2, 0.25) is 11.8 Å². The zero-order chi connectivity index (χ0) is 35.8. The molecular formula is C35H38N12O5. The van der Waals surface area contributed by atoms with E-state index in [1.165, 1.54) is 11.1 Å². The van der Waals surface area contributed by atoms with Gasteiger partial charge in [0.15, 0.2) is 29.3 Å². The van der Waals surface area contributed by atoms with Gasteiger partial charge in [-0.1, -0.05) is 30.3 Å². The Morgan fingerprint density at radius 1 is 0.923 bits per heavy atom. The number of rotatable bonds is 11. The van der Waals surface area contributed by atoms with E-state index >= 15 is 0 Å². The van der Waals surface area contributed by atoms with E-state index in [-0.39, 0.29) is 29.3 Å². The first kappa shape index (κ1) is 33.2. The fraction of sp³-hybridized carbons (Fsp3) is 0.343. The van der Waals surface area contributed by atoms with E-state index in [2.05, 4.69) is 40.9 Å². The Morgan fingerprint density at radius 2 is 1.67 bits per heavy atom. The van der Waals surface area contributed by atoms with Crippen molar-refractivity contribution in [2.24, 2.45) is 0 Å². The average molecular weight is 707 g/mol. The van der Waals surface area contributed by atoms with Crippen LogP contribution < -0.4 is 15.5 Å². The molecule has 2 saturated heterocycles. The Labute approximate surface area is 297 Å². The van der Waals surface area contributed by atoms with E-state index < -0.39 is 24.5 Å². The van der Waals surface area contributed by atoms with Gasteiger partial charge in [0.25, 0.3) is 0 Å². The molecule has 0 saturated carbocycles. The summed E-state index contributed by atoms with van der Waals surface area (Å²) >= 11 is 0. The van der Waals surface area contributed by atoms with Crippen LogP contribution in [0.3, 0.4) is 0 Å². The monoisotopic (exact) mass is 706 g/mol. The lowest BCUT2D eigenvalue weighted by molar-refractivity contribution is -0.0384. The smallest absolute Gasteiger partial charge is 0.229 e. The number of ether oxygens (including phenoxy) is 1. The minimum absolute atomic E-state index is 0.101. The number of fused-ring (bicyclic) bond motifs is 1. The second-order valence-corrected chi connectivity index (χ2v) is 12.9. The first-order valence-corrected chi connectivity index (χ1v) is 17.1. The summed E-state index contributed by atoms with van der Waals surface area (Å²) in [6.45, 7) is 4.01. The van der Waals surface area contributed by atoms with Crippen LogP contribution in [0.4, 0.5) is 17.6 Å². The van der Waals surface area contributed by atoms with Crippen molar-refractivity contribution < 1.29 is 25.2 Å². The summed E-state index contributed by atoms with van der Waals surface area (Å²) in [4.78, 5) is 22.5. The molecule has 0 radical (unpaired) electrons. The highest BCUT2D eigenvalue weighted by molar-refractivity contribution is 5.84. The molecule has 0 amide bonds. The quantitative estimate of drug-likeness (QED) is 0.114. The maximum atomic E-state index is 11.3. The van der Waals surface area contributed by atoms with Crippen molar-refractivity contribution >= 4 is 28.7 Å². The summed E-state index contributed by atoms with van der Waals surface area (Å²) < 4.78 is 7.79. The van der Waals surface area contributed by atoms with Gasteiger partial charge in [0.1, 0.15) is 29.5 Å². The molecule has 268 valence electrons. The van der Waals surface area contributed by atoms with Crippen LogP contribution in [-0.4, -0.2) is 103 Å². The molecule has 17 nitrogen and oxygen atoms in total. The molecule has 2 fully saturated rings. The summed E-state index contributed by atoms with van der Waals surface area (Å²) in [5.41, 5.74) is 2.70. The van der Waals surface area contributed by atoms with E-state index in [0.29, 0.717) is 49.1 Å². The number of aromatic hydroxyl groups is 2. The van der Waals surface area contributed by atoms with Crippen LogP contribution in [0.25, 0.3) is 11.2 Å². The normalized spacial score (nSPS) is 21.7. The number of hydrogen-bond donors (Lipinski definition) is 6. The Bertz CT molecular complexity index is 2080. The molecule has 0 spiro atoms. The van der Waals surface area contributed by atoms with Gasteiger partial charge >= 0.3 is 0 Å². The topological polar surface area (TPSA) is 218 Å². The average Bonchev–Trinajstić information content (AvgIpc) is 3.98. The summed E-state index contributed by atoms with van der Waals surface area (Å²) in [5.74, 6) is 1.97. The van der Waals surface area contributed by atoms with Crippen molar-refractivity contribution in [3.8, 4) is 11.5 Å². The summed E-state index contributed by atoms with van der Waals surface area (Å²) in [5, 5.41) is 61.6.